The second kappa shape index (κ2) is 18.8. The van der Waals surface area contributed by atoms with Crippen molar-refractivity contribution in [1.82, 2.24) is 0 Å². The average Bonchev–Trinajstić information content (AvgIpc) is 3.19. The molecule has 0 aliphatic carbocycles. The van der Waals surface area contributed by atoms with Crippen molar-refractivity contribution in [1.29, 1.82) is 0 Å². The van der Waals surface area contributed by atoms with Crippen molar-refractivity contribution in [3.63, 3.8) is 0 Å². The third-order valence-electron chi connectivity index (χ3n) is 16.5. The van der Waals surface area contributed by atoms with Gasteiger partial charge in [0, 0.05) is 34.1 Å². The van der Waals surface area contributed by atoms with Crippen LogP contribution >= 0.6 is 0 Å². The molecule has 3 aliphatic rings. The van der Waals surface area contributed by atoms with Crippen molar-refractivity contribution in [3.05, 3.63) is 326 Å². The fraction of sp³-hybridized carbons (Fsp3) is 0.0137. The standard InChI is InChI=1S/C73H50B2N2O/c1-6-21-55(22-7-1)74-67-47-41-53(51-37-43-60(44-38-51)76(56-23-8-2-9-24-56)57-25-10-3-11-26-57)49-64(67)73(62-31-16-17-33-66(62)75-69-34-18-19-35-70(69)78-71-36-20-32-63(73)72(71)75)65-50-54(42-48-68(65)74)52-39-45-61(46-40-52)77(58-27-12-4-13-28-58)59-29-14-5-15-30-59/h1-50H. The van der Waals surface area contributed by atoms with Crippen LogP contribution in [0.25, 0.3) is 22.3 Å². The van der Waals surface area contributed by atoms with Crippen molar-refractivity contribution in [2.45, 2.75) is 5.41 Å². The number of hydrogen-bond donors (Lipinski definition) is 0. The van der Waals surface area contributed by atoms with E-state index < -0.39 is 5.41 Å². The summed E-state index contributed by atoms with van der Waals surface area (Å²) >= 11 is 0. The fourth-order valence-corrected chi connectivity index (χ4v) is 13.2. The lowest BCUT2D eigenvalue weighted by Crippen LogP contribution is -2.68. The maximum atomic E-state index is 7.01. The van der Waals surface area contributed by atoms with E-state index in [4.69, 9.17) is 4.74 Å². The van der Waals surface area contributed by atoms with Gasteiger partial charge in [-0.1, -0.05) is 240 Å². The van der Waals surface area contributed by atoms with Crippen LogP contribution in [0.4, 0.5) is 34.1 Å². The second-order valence-electron chi connectivity index (χ2n) is 20.7. The molecule has 12 aromatic rings. The summed E-state index contributed by atoms with van der Waals surface area (Å²) in [7, 11) is 0. The van der Waals surface area contributed by atoms with Gasteiger partial charge in [0.15, 0.2) is 0 Å². The predicted molar refractivity (Wildman–Crippen MR) is 327 cm³/mol. The maximum Gasteiger partial charge on any atom is 0.251 e. The monoisotopic (exact) mass is 992 g/mol. The molecule has 12 aromatic carbocycles. The van der Waals surface area contributed by atoms with Crippen LogP contribution in [0.1, 0.15) is 22.3 Å². The largest absolute Gasteiger partial charge is 0.458 e. The molecule has 0 radical (unpaired) electrons. The maximum absolute atomic E-state index is 7.01. The summed E-state index contributed by atoms with van der Waals surface area (Å²) in [5.74, 6) is 1.83. The Bertz CT molecular complexity index is 3920. The van der Waals surface area contributed by atoms with E-state index in [0.29, 0.717) is 0 Å². The lowest BCUT2D eigenvalue weighted by molar-refractivity contribution is 0.486. The minimum absolute atomic E-state index is 0.0116. The van der Waals surface area contributed by atoms with Crippen molar-refractivity contribution < 1.29 is 4.74 Å². The van der Waals surface area contributed by atoms with Gasteiger partial charge in [0.25, 0.3) is 6.71 Å². The number of rotatable bonds is 9. The van der Waals surface area contributed by atoms with Gasteiger partial charge in [-0.15, -0.1) is 0 Å². The number of fused-ring (bicyclic) bond motifs is 10. The highest BCUT2D eigenvalue weighted by atomic mass is 16.5. The molecule has 0 saturated carbocycles. The third kappa shape index (κ3) is 7.30. The Labute approximate surface area is 457 Å². The summed E-state index contributed by atoms with van der Waals surface area (Å²) < 4.78 is 7.01. The summed E-state index contributed by atoms with van der Waals surface area (Å²) in [5, 5.41) is 0. The average molecular weight is 993 g/mol. The molecule has 0 saturated heterocycles. The topological polar surface area (TPSA) is 15.7 Å². The molecule has 5 heteroatoms. The summed E-state index contributed by atoms with van der Waals surface area (Å²) in [5.41, 5.74) is 23.3. The van der Waals surface area contributed by atoms with Crippen molar-refractivity contribution in [2.24, 2.45) is 0 Å². The van der Waals surface area contributed by atoms with Crippen molar-refractivity contribution >= 4 is 80.3 Å². The number of nitrogens with zero attached hydrogens (tertiary/aromatic N) is 2. The molecule has 0 N–H and O–H groups in total. The van der Waals surface area contributed by atoms with Gasteiger partial charge in [-0.2, -0.15) is 0 Å². The Morgan fingerprint density at radius 3 is 1.13 bits per heavy atom. The van der Waals surface area contributed by atoms with Gasteiger partial charge < -0.3 is 14.5 Å². The predicted octanol–water partition coefficient (Wildman–Crippen LogP) is 14.1. The SMILES string of the molecule is c1ccc(B2c3ccc(-c4ccc(N(c5ccccc5)c5ccccc5)cc4)cc3C3(c4cc(-c5ccc(N(c6ccccc6)c6ccccc6)cc5)ccc42)c2ccccc2B2c4ccccc4Oc4cccc3c42)cc1. The molecule has 0 aromatic heterocycles. The third-order valence-corrected chi connectivity index (χ3v) is 16.5. The Kier molecular flexibility index (Phi) is 11.0. The summed E-state index contributed by atoms with van der Waals surface area (Å²) in [6.45, 7) is -0.0470. The minimum atomic E-state index is -0.745. The van der Waals surface area contributed by atoms with Crippen LogP contribution in [0.15, 0.2) is 303 Å². The first-order valence-electron chi connectivity index (χ1n) is 27.1. The van der Waals surface area contributed by atoms with Crippen LogP contribution in [0.3, 0.4) is 0 Å². The summed E-state index contributed by atoms with van der Waals surface area (Å²) in [6.07, 6.45) is 0. The first kappa shape index (κ1) is 45.6. The Balaban J connectivity index is 0.962. The molecule has 3 nitrogen and oxygen atoms in total. The smallest absolute Gasteiger partial charge is 0.251 e. The lowest BCUT2D eigenvalue weighted by atomic mass is 9.26. The van der Waals surface area contributed by atoms with Gasteiger partial charge in [-0.25, -0.2) is 0 Å². The molecule has 0 unspecified atom stereocenters. The molecule has 78 heavy (non-hydrogen) atoms. The molecule has 1 spiro atoms. The van der Waals surface area contributed by atoms with Crippen LogP contribution in [-0.4, -0.2) is 13.4 Å². The van der Waals surface area contributed by atoms with E-state index >= 15 is 0 Å². The second-order valence-corrected chi connectivity index (χ2v) is 20.7. The van der Waals surface area contributed by atoms with Crippen LogP contribution in [0.5, 0.6) is 11.5 Å². The zero-order chi connectivity index (χ0) is 51.6. The normalized spacial score (nSPS) is 13.0. The van der Waals surface area contributed by atoms with Crippen molar-refractivity contribution in [3.8, 4) is 33.8 Å². The van der Waals surface area contributed by atoms with Crippen LogP contribution in [-0.2, 0) is 5.41 Å². The van der Waals surface area contributed by atoms with Crippen LogP contribution in [0, 0.1) is 0 Å². The number of anilines is 6. The highest BCUT2D eigenvalue weighted by molar-refractivity contribution is 6.99. The van der Waals surface area contributed by atoms with Gasteiger partial charge >= 0.3 is 0 Å². The molecule has 3 aliphatic heterocycles. The van der Waals surface area contributed by atoms with E-state index in [0.717, 1.165) is 56.8 Å². The first-order valence-corrected chi connectivity index (χ1v) is 27.1. The Morgan fingerprint density at radius 2 is 0.628 bits per heavy atom. The molecule has 0 fully saturated rings. The summed E-state index contributed by atoms with van der Waals surface area (Å²) in [4.78, 5) is 4.66. The summed E-state index contributed by atoms with van der Waals surface area (Å²) in [6, 6.07) is 111. The quantitative estimate of drug-likeness (QED) is 0.134. The van der Waals surface area contributed by atoms with E-state index in [1.807, 2.05) is 0 Å². The Hall–Kier alpha value is -9.83. The number of ether oxygens (including phenoxy) is 1. The minimum Gasteiger partial charge on any atom is -0.458 e. The number of para-hydroxylation sites is 5. The van der Waals surface area contributed by atoms with Gasteiger partial charge in [-0.3, -0.25) is 0 Å². The van der Waals surface area contributed by atoms with Gasteiger partial charge in [-0.05, 0) is 140 Å². The first-order chi connectivity index (χ1) is 38.7. The van der Waals surface area contributed by atoms with E-state index in [9.17, 15) is 0 Å². The highest BCUT2D eigenvalue weighted by Crippen LogP contribution is 2.50. The molecule has 0 atom stereocenters. The van der Waals surface area contributed by atoms with Crippen molar-refractivity contribution in [2.75, 3.05) is 9.80 Å². The fourth-order valence-electron chi connectivity index (χ4n) is 13.2. The molecular formula is C73H50B2N2O. The molecule has 3 heterocycles. The van der Waals surface area contributed by atoms with Gasteiger partial charge in [0.2, 0.25) is 6.71 Å². The highest BCUT2D eigenvalue weighted by Gasteiger charge is 2.55. The molecule has 0 amide bonds. The van der Waals surface area contributed by atoms with Crippen LogP contribution in [0.2, 0.25) is 0 Å². The van der Waals surface area contributed by atoms with E-state index in [1.165, 1.54) is 66.2 Å². The van der Waals surface area contributed by atoms with E-state index in [2.05, 4.69) is 313 Å². The number of hydrogen-bond acceptors (Lipinski definition) is 3. The van der Waals surface area contributed by atoms with E-state index in [-0.39, 0.29) is 13.4 Å². The number of benzene rings is 12. The van der Waals surface area contributed by atoms with Gasteiger partial charge in [0.05, 0.1) is 5.41 Å². The zero-order valence-electron chi connectivity index (χ0n) is 42.8. The van der Waals surface area contributed by atoms with Crippen LogP contribution < -0.4 is 47.3 Å². The lowest BCUT2D eigenvalue weighted by Gasteiger charge is -2.50. The molecule has 364 valence electrons. The molecule has 15 rings (SSSR count). The molecule has 0 bridgehead atoms. The zero-order valence-corrected chi connectivity index (χ0v) is 42.8. The van der Waals surface area contributed by atoms with Gasteiger partial charge in [0.1, 0.15) is 11.5 Å². The van der Waals surface area contributed by atoms with E-state index in [1.54, 1.807) is 0 Å². The molecular weight excluding hydrogens is 942 g/mol. The Morgan fingerprint density at radius 1 is 0.256 bits per heavy atom.